The van der Waals surface area contributed by atoms with Gasteiger partial charge in [0.25, 0.3) is 0 Å². The van der Waals surface area contributed by atoms with Crippen molar-refractivity contribution >= 4 is 23.6 Å². The third-order valence-corrected chi connectivity index (χ3v) is 6.15. The normalized spacial score (nSPS) is 18.6. The average Bonchev–Trinajstić information content (AvgIpc) is 3.16. The van der Waals surface area contributed by atoms with E-state index in [-0.39, 0.29) is 11.8 Å². The van der Waals surface area contributed by atoms with Gasteiger partial charge in [0.05, 0.1) is 12.3 Å². The number of likely N-dealkylation sites (tertiary alicyclic amines) is 1. The highest BCUT2D eigenvalue weighted by Crippen LogP contribution is 2.22. The fourth-order valence-electron chi connectivity index (χ4n) is 3.36. The molecule has 0 unspecified atom stereocenters. The second kappa shape index (κ2) is 8.72. The van der Waals surface area contributed by atoms with E-state index in [0.29, 0.717) is 12.3 Å². The molecule has 25 heavy (non-hydrogen) atoms. The summed E-state index contributed by atoms with van der Waals surface area (Å²) in [6, 6.07) is 8.16. The van der Waals surface area contributed by atoms with Crippen molar-refractivity contribution in [2.75, 3.05) is 51.6 Å². The summed E-state index contributed by atoms with van der Waals surface area (Å²) < 4.78 is 0. The van der Waals surface area contributed by atoms with Crippen LogP contribution >= 0.6 is 11.8 Å². The van der Waals surface area contributed by atoms with Crippen LogP contribution in [0.3, 0.4) is 0 Å². The molecule has 0 saturated carbocycles. The Labute approximate surface area is 154 Å². The number of aryl methyl sites for hydroxylation is 1. The van der Waals surface area contributed by atoms with Crippen LogP contribution in [0.15, 0.2) is 29.2 Å². The van der Waals surface area contributed by atoms with E-state index in [2.05, 4.69) is 24.0 Å². The summed E-state index contributed by atoms with van der Waals surface area (Å²) in [5.41, 5.74) is 1.21. The van der Waals surface area contributed by atoms with Gasteiger partial charge in [0.1, 0.15) is 0 Å². The first kappa shape index (κ1) is 18.3. The fourth-order valence-corrected chi connectivity index (χ4v) is 4.29. The Balaban J connectivity index is 1.40. The molecule has 5 nitrogen and oxygen atoms in total. The number of nitrogens with zero attached hydrogens (tertiary/aromatic N) is 3. The number of amides is 2. The predicted octanol–water partition coefficient (Wildman–Crippen LogP) is 1.85. The number of hydrogen-bond donors (Lipinski definition) is 0. The lowest BCUT2D eigenvalue weighted by Crippen LogP contribution is -2.51. The maximum atomic E-state index is 12.4. The third-order valence-electron chi connectivity index (χ3n) is 4.99. The highest BCUT2D eigenvalue weighted by Gasteiger charge is 2.25. The summed E-state index contributed by atoms with van der Waals surface area (Å²) in [6.07, 6.45) is 2.26. The lowest BCUT2D eigenvalue weighted by atomic mass is 10.2. The van der Waals surface area contributed by atoms with E-state index >= 15 is 0 Å². The Morgan fingerprint density at radius 3 is 2.24 bits per heavy atom. The zero-order valence-corrected chi connectivity index (χ0v) is 15.8. The van der Waals surface area contributed by atoms with Crippen LogP contribution in [0.2, 0.25) is 0 Å². The quantitative estimate of drug-likeness (QED) is 0.751. The van der Waals surface area contributed by atoms with Crippen LogP contribution in [0.1, 0.15) is 18.4 Å². The molecule has 0 bridgehead atoms. The average molecular weight is 362 g/mol. The van der Waals surface area contributed by atoms with Crippen molar-refractivity contribution in [2.24, 2.45) is 0 Å². The van der Waals surface area contributed by atoms with Crippen LogP contribution in [0, 0.1) is 6.92 Å². The molecule has 136 valence electrons. The number of thioether (sulfide) groups is 1. The molecule has 1 aromatic carbocycles. The van der Waals surface area contributed by atoms with Crippen LogP contribution in [0.25, 0.3) is 0 Å². The lowest BCUT2D eigenvalue weighted by Gasteiger charge is -2.35. The van der Waals surface area contributed by atoms with Gasteiger partial charge in [0.15, 0.2) is 0 Å². The van der Waals surface area contributed by atoms with Crippen molar-refractivity contribution in [3.05, 3.63) is 29.8 Å². The Hall–Kier alpha value is -1.53. The number of hydrogen-bond acceptors (Lipinski definition) is 4. The first-order valence-corrected chi connectivity index (χ1v) is 10.1. The Morgan fingerprint density at radius 2 is 1.56 bits per heavy atom. The summed E-state index contributed by atoms with van der Waals surface area (Å²) in [6.45, 7) is 7.42. The van der Waals surface area contributed by atoms with Crippen molar-refractivity contribution in [1.29, 1.82) is 0 Å². The van der Waals surface area contributed by atoms with E-state index in [9.17, 15) is 9.59 Å². The summed E-state index contributed by atoms with van der Waals surface area (Å²) in [5, 5.41) is 0. The molecule has 2 amide bonds. The van der Waals surface area contributed by atoms with Crippen LogP contribution in [0.4, 0.5) is 0 Å². The molecule has 2 saturated heterocycles. The zero-order chi connectivity index (χ0) is 17.6. The van der Waals surface area contributed by atoms with Gasteiger partial charge in [-0.25, -0.2) is 0 Å². The summed E-state index contributed by atoms with van der Waals surface area (Å²) >= 11 is 1.61. The molecule has 0 atom stereocenters. The van der Waals surface area contributed by atoms with Gasteiger partial charge in [-0.1, -0.05) is 18.2 Å². The van der Waals surface area contributed by atoms with Crippen molar-refractivity contribution in [2.45, 2.75) is 24.7 Å². The largest absolute Gasteiger partial charge is 0.342 e. The highest BCUT2D eigenvalue weighted by molar-refractivity contribution is 8.00. The van der Waals surface area contributed by atoms with Crippen molar-refractivity contribution in [1.82, 2.24) is 14.7 Å². The van der Waals surface area contributed by atoms with Crippen LogP contribution in [-0.4, -0.2) is 78.1 Å². The molecule has 2 fully saturated rings. The maximum Gasteiger partial charge on any atom is 0.236 e. The molecular weight excluding hydrogens is 334 g/mol. The molecule has 0 N–H and O–H groups in total. The molecule has 0 spiro atoms. The summed E-state index contributed by atoms with van der Waals surface area (Å²) in [4.78, 5) is 31.9. The SMILES string of the molecule is Cc1ccccc1SCC(=O)N1CCN(CC(=O)N2CCCC2)CC1. The molecule has 6 heteroatoms. The fraction of sp³-hybridized carbons (Fsp3) is 0.579. The molecule has 2 aliphatic heterocycles. The molecule has 0 radical (unpaired) electrons. The van der Waals surface area contributed by atoms with E-state index in [1.807, 2.05) is 21.9 Å². The minimum absolute atomic E-state index is 0.193. The van der Waals surface area contributed by atoms with Crippen molar-refractivity contribution < 1.29 is 9.59 Å². The van der Waals surface area contributed by atoms with Crippen LogP contribution in [0.5, 0.6) is 0 Å². The second-order valence-corrected chi connectivity index (χ2v) is 7.82. The van der Waals surface area contributed by atoms with Crippen LogP contribution < -0.4 is 0 Å². The van der Waals surface area contributed by atoms with Gasteiger partial charge in [-0.3, -0.25) is 14.5 Å². The standard InChI is InChI=1S/C19H27N3O2S/c1-16-6-2-3-7-17(16)25-15-19(24)22-12-10-20(11-13-22)14-18(23)21-8-4-5-9-21/h2-3,6-7H,4-5,8-15H2,1H3. The van der Waals surface area contributed by atoms with E-state index in [1.165, 1.54) is 10.5 Å². The Bertz CT molecular complexity index is 608. The second-order valence-electron chi connectivity index (χ2n) is 6.80. The molecule has 2 aliphatic rings. The monoisotopic (exact) mass is 361 g/mol. The number of rotatable bonds is 5. The zero-order valence-electron chi connectivity index (χ0n) is 14.9. The maximum absolute atomic E-state index is 12.4. The lowest BCUT2D eigenvalue weighted by molar-refractivity contribution is -0.133. The molecular formula is C19H27N3O2S. The number of carbonyl (C=O) groups excluding carboxylic acids is 2. The third kappa shape index (κ3) is 4.98. The highest BCUT2D eigenvalue weighted by atomic mass is 32.2. The molecule has 0 aromatic heterocycles. The Morgan fingerprint density at radius 1 is 0.920 bits per heavy atom. The minimum Gasteiger partial charge on any atom is -0.342 e. The smallest absolute Gasteiger partial charge is 0.236 e. The van der Waals surface area contributed by atoms with Gasteiger partial charge in [-0.2, -0.15) is 0 Å². The van der Waals surface area contributed by atoms with Crippen LogP contribution in [-0.2, 0) is 9.59 Å². The van der Waals surface area contributed by atoms with Gasteiger partial charge in [-0.05, 0) is 31.4 Å². The van der Waals surface area contributed by atoms with E-state index < -0.39 is 0 Å². The number of carbonyl (C=O) groups is 2. The molecule has 3 rings (SSSR count). The molecule has 0 aliphatic carbocycles. The first-order chi connectivity index (χ1) is 12.1. The molecule has 1 aromatic rings. The summed E-state index contributed by atoms with van der Waals surface area (Å²) in [5.74, 6) is 0.920. The Kier molecular flexibility index (Phi) is 6.37. The van der Waals surface area contributed by atoms with Crippen molar-refractivity contribution in [3.63, 3.8) is 0 Å². The van der Waals surface area contributed by atoms with Gasteiger partial charge in [0.2, 0.25) is 11.8 Å². The van der Waals surface area contributed by atoms with E-state index in [4.69, 9.17) is 0 Å². The number of benzene rings is 1. The van der Waals surface area contributed by atoms with Gasteiger partial charge < -0.3 is 9.80 Å². The van der Waals surface area contributed by atoms with Gasteiger partial charge >= 0.3 is 0 Å². The van der Waals surface area contributed by atoms with Crippen molar-refractivity contribution in [3.8, 4) is 0 Å². The van der Waals surface area contributed by atoms with E-state index in [0.717, 1.165) is 52.1 Å². The molecule has 2 heterocycles. The minimum atomic E-state index is 0.193. The number of piperazine rings is 1. The van der Waals surface area contributed by atoms with Gasteiger partial charge in [0, 0.05) is 44.2 Å². The first-order valence-electron chi connectivity index (χ1n) is 9.10. The predicted molar refractivity (Wildman–Crippen MR) is 101 cm³/mol. The van der Waals surface area contributed by atoms with Gasteiger partial charge in [-0.15, -0.1) is 11.8 Å². The topological polar surface area (TPSA) is 43.9 Å². The van der Waals surface area contributed by atoms with E-state index in [1.54, 1.807) is 11.8 Å². The summed E-state index contributed by atoms with van der Waals surface area (Å²) in [7, 11) is 0.